The molecule has 0 amide bonds. The van der Waals surface area contributed by atoms with Gasteiger partial charge < -0.3 is 5.11 Å². The summed E-state index contributed by atoms with van der Waals surface area (Å²) < 4.78 is 0. The van der Waals surface area contributed by atoms with E-state index < -0.39 is 11.4 Å². The number of rotatable bonds is 1. The highest BCUT2D eigenvalue weighted by Crippen LogP contribution is 2.42. The SMILES string of the molecule is CC1CC(Br)CCC1(C)C(=O)O. The second-order valence-corrected chi connectivity index (χ2v) is 5.29. The number of halogens is 1. The Hall–Kier alpha value is -0.0500. The Bertz CT molecular complexity index is 193. The summed E-state index contributed by atoms with van der Waals surface area (Å²) >= 11 is 3.54. The summed E-state index contributed by atoms with van der Waals surface area (Å²) in [5.74, 6) is -0.373. The molecule has 1 fully saturated rings. The lowest BCUT2D eigenvalue weighted by Gasteiger charge is -2.37. The largest absolute Gasteiger partial charge is 0.481 e. The average molecular weight is 235 g/mol. The summed E-state index contributed by atoms with van der Waals surface area (Å²) in [4.78, 5) is 11.5. The maximum Gasteiger partial charge on any atom is 0.309 e. The van der Waals surface area contributed by atoms with Gasteiger partial charge in [-0.1, -0.05) is 22.9 Å². The maximum absolute atomic E-state index is 11.0. The molecular weight excluding hydrogens is 220 g/mol. The van der Waals surface area contributed by atoms with Crippen molar-refractivity contribution in [1.82, 2.24) is 0 Å². The Morgan fingerprint density at radius 1 is 1.67 bits per heavy atom. The van der Waals surface area contributed by atoms with Gasteiger partial charge in [0.15, 0.2) is 0 Å². The van der Waals surface area contributed by atoms with Gasteiger partial charge in [-0.2, -0.15) is 0 Å². The van der Waals surface area contributed by atoms with Crippen LogP contribution in [0.15, 0.2) is 0 Å². The van der Waals surface area contributed by atoms with Crippen LogP contribution in [0.2, 0.25) is 0 Å². The molecule has 1 aliphatic carbocycles. The van der Waals surface area contributed by atoms with Gasteiger partial charge in [0.25, 0.3) is 0 Å². The average Bonchev–Trinajstić information content (AvgIpc) is 1.97. The van der Waals surface area contributed by atoms with Gasteiger partial charge in [-0.15, -0.1) is 0 Å². The van der Waals surface area contributed by atoms with Crippen LogP contribution in [0.5, 0.6) is 0 Å². The fourth-order valence-electron chi connectivity index (χ4n) is 1.78. The number of hydrogen-bond acceptors (Lipinski definition) is 1. The molecule has 12 heavy (non-hydrogen) atoms. The van der Waals surface area contributed by atoms with Crippen molar-refractivity contribution in [3.63, 3.8) is 0 Å². The highest BCUT2D eigenvalue weighted by atomic mass is 79.9. The zero-order valence-electron chi connectivity index (χ0n) is 7.51. The van der Waals surface area contributed by atoms with E-state index in [1.807, 2.05) is 13.8 Å². The third-order valence-electron chi connectivity index (χ3n) is 3.16. The molecule has 1 rings (SSSR count). The standard InChI is InChI=1S/C9H15BrO2/c1-6-5-7(10)3-4-9(6,2)8(11)12/h6-7H,3-5H2,1-2H3,(H,11,12). The fourth-order valence-corrected chi connectivity index (χ4v) is 2.57. The Balaban J connectivity index is 2.72. The number of alkyl halides is 1. The van der Waals surface area contributed by atoms with Crippen LogP contribution < -0.4 is 0 Å². The normalized spacial score (nSPS) is 42.6. The van der Waals surface area contributed by atoms with Crippen molar-refractivity contribution in [2.24, 2.45) is 11.3 Å². The summed E-state index contributed by atoms with van der Waals surface area (Å²) in [6, 6.07) is 0. The second-order valence-electron chi connectivity index (χ2n) is 4.00. The number of hydrogen-bond donors (Lipinski definition) is 1. The van der Waals surface area contributed by atoms with Crippen LogP contribution in [0.4, 0.5) is 0 Å². The second kappa shape index (κ2) is 3.36. The van der Waals surface area contributed by atoms with Gasteiger partial charge in [-0.3, -0.25) is 4.79 Å². The van der Waals surface area contributed by atoms with Gasteiger partial charge in [0.2, 0.25) is 0 Å². The van der Waals surface area contributed by atoms with Crippen molar-refractivity contribution in [2.75, 3.05) is 0 Å². The van der Waals surface area contributed by atoms with Crippen molar-refractivity contribution in [1.29, 1.82) is 0 Å². The van der Waals surface area contributed by atoms with E-state index in [1.165, 1.54) is 0 Å². The Morgan fingerprint density at radius 2 is 2.25 bits per heavy atom. The van der Waals surface area contributed by atoms with Crippen molar-refractivity contribution in [3.8, 4) is 0 Å². The monoisotopic (exact) mass is 234 g/mol. The molecule has 0 spiro atoms. The quantitative estimate of drug-likeness (QED) is 0.709. The molecule has 3 atom stereocenters. The van der Waals surface area contributed by atoms with E-state index in [1.54, 1.807) is 0 Å². The lowest BCUT2D eigenvalue weighted by atomic mass is 9.68. The first-order valence-electron chi connectivity index (χ1n) is 4.34. The van der Waals surface area contributed by atoms with E-state index in [9.17, 15) is 4.79 Å². The van der Waals surface area contributed by atoms with Crippen molar-refractivity contribution < 1.29 is 9.90 Å². The zero-order valence-corrected chi connectivity index (χ0v) is 9.10. The van der Waals surface area contributed by atoms with Crippen LogP contribution >= 0.6 is 15.9 Å². The number of aliphatic carboxylic acids is 1. The molecule has 1 N–H and O–H groups in total. The molecule has 3 heteroatoms. The van der Waals surface area contributed by atoms with Crippen molar-refractivity contribution >= 4 is 21.9 Å². The first-order valence-corrected chi connectivity index (χ1v) is 5.26. The predicted molar refractivity (Wildman–Crippen MR) is 51.5 cm³/mol. The van der Waals surface area contributed by atoms with Crippen LogP contribution in [0.1, 0.15) is 33.1 Å². The third-order valence-corrected chi connectivity index (χ3v) is 3.99. The minimum absolute atomic E-state index is 0.271. The first-order chi connectivity index (χ1) is 5.47. The molecule has 3 unspecified atom stereocenters. The molecule has 0 bridgehead atoms. The molecule has 0 aromatic rings. The molecule has 0 heterocycles. The molecule has 0 aromatic heterocycles. The van der Waals surface area contributed by atoms with Gasteiger partial charge in [0, 0.05) is 4.83 Å². The fraction of sp³-hybridized carbons (Fsp3) is 0.889. The molecular formula is C9H15BrO2. The van der Waals surface area contributed by atoms with Crippen LogP contribution in [0, 0.1) is 11.3 Å². The first kappa shape index (κ1) is 10.0. The molecule has 0 saturated heterocycles. The zero-order chi connectivity index (χ0) is 9.35. The minimum atomic E-state index is -0.644. The number of carbonyl (C=O) groups is 1. The molecule has 0 aliphatic heterocycles. The van der Waals surface area contributed by atoms with Gasteiger partial charge in [0.1, 0.15) is 0 Å². The number of carboxylic acids is 1. The van der Waals surface area contributed by atoms with Gasteiger partial charge in [0.05, 0.1) is 5.41 Å². The molecule has 1 aliphatic rings. The van der Waals surface area contributed by atoms with Crippen molar-refractivity contribution in [2.45, 2.75) is 37.9 Å². The van der Waals surface area contributed by atoms with Gasteiger partial charge in [-0.05, 0) is 32.1 Å². The lowest BCUT2D eigenvalue weighted by Crippen LogP contribution is -2.39. The van der Waals surface area contributed by atoms with Crippen LogP contribution in [0.3, 0.4) is 0 Å². The van der Waals surface area contributed by atoms with Crippen LogP contribution in [-0.2, 0) is 4.79 Å². The minimum Gasteiger partial charge on any atom is -0.481 e. The Labute approximate surface area is 81.5 Å². The maximum atomic E-state index is 11.0. The van der Waals surface area contributed by atoms with Crippen LogP contribution in [-0.4, -0.2) is 15.9 Å². The van der Waals surface area contributed by atoms with E-state index in [-0.39, 0.29) is 5.92 Å². The summed E-state index contributed by atoms with van der Waals surface area (Å²) in [7, 11) is 0. The van der Waals surface area contributed by atoms with E-state index >= 15 is 0 Å². The van der Waals surface area contributed by atoms with E-state index in [0.717, 1.165) is 19.3 Å². The highest BCUT2D eigenvalue weighted by Gasteiger charge is 2.42. The topological polar surface area (TPSA) is 37.3 Å². The molecule has 0 radical (unpaired) electrons. The molecule has 1 saturated carbocycles. The molecule has 2 nitrogen and oxygen atoms in total. The Morgan fingerprint density at radius 3 is 2.67 bits per heavy atom. The van der Waals surface area contributed by atoms with Gasteiger partial charge >= 0.3 is 5.97 Å². The van der Waals surface area contributed by atoms with E-state index in [2.05, 4.69) is 15.9 Å². The highest BCUT2D eigenvalue weighted by molar-refractivity contribution is 9.09. The number of carboxylic acid groups (broad SMARTS) is 1. The summed E-state index contributed by atoms with van der Waals surface area (Å²) in [5.41, 5.74) is -0.496. The summed E-state index contributed by atoms with van der Waals surface area (Å²) in [5, 5.41) is 9.04. The summed E-state index contributed by atoms with van der Waals surface area (Å²) in [6.45, 7) is 3.89. The third kappa shape index (κ3) is 1.65. The summed E-state index contributed by atoms with van der Waals surface area (Å²) in [6.07, 6.45) is 2.75. The Kier molecular flexibility index (Phi) is 2.81. The molecule has 0 aromatic carbocycles. The van der Waals surface area contributed by atoms with Crippen molar-refractivity contribution in [3.05, 3.63) is 0 Å². The van der Waals surface area contributed by atoms with Crippen LogP contribution in [0.25, 0.3) is 0 Å². The predicted octanol–water partition coefficient (Wildman–Crippen LogP) is 2.66. The molecule has 70 valence electrons. The van der Waals surface area contributed by atoms with Gasteiger partial charge in [-0.25, -0.2) is 0 Å². The lowest BCUT2D eigenvalue weighted by molar-refractivity contribution is -0.152. The van der Waals surface area contributed by atoms with E-state index in [0.29, 0.717) is 4.83 Å². The smallest absolute Gasteiger partial charge is 0.309 e. The van der Waals surface area contributed by atoms with E-state index in [4.69, 9.17) is 5.11 Å².